The predicted octanol–water partition coefficient (Wildman–Crippen LogP) is -14.9. The van der Waals surface area contributed by atoms with Gasteiger partial charge in [0.1, 0.15) is 0 Å². The van der Waals surface area contributed by atoms with Gasteiger partial charge in [-0.15, -0.1) is 0 Å². The van der Waals surface area contributed by atoms with E-state index < -0.39 is 182 Å². The van der Waals surface area contributed by atoms with Crippen LogP contribution in [-0.2, 0) is 71.9 Å². The van der Waals surface area contributed by atoms with E-state index in [2.05, 4.69) is 0 Å². The molecule has 0 saturated heterocycles. The van der Waals surface area contributed by atoms with Gasteiger partial charge in [0.15, 0.2) is 28.0 Å². The fraction of sp³-hybridized carbons (Fsp3) is 0.500. The van der Waals surface area contributed by atoms with Gasteiger partial charge in [0.2, 0.25) is 0 Å². The first-order chi connectivity index (χ1) is 28.9. The molecule has 0 aliphatic heterocycles. The molecule has 0 atom stereocenters. The van der Waals surface area contributed by atoms with Crippen LogP contribution in [-0.4, -0.2) is 220 Å². The molecule has 20 N–H and O–H groups in total. The van der Waals surface area contributed by atoms with E-state index in [4.69, 9.17) is 102 Å². The third kappa shape index (κ3) is 38.9. The van der Waals surface area contributed by atoms with Gasteiger partial charge in [-0.3, -0.25) is 47.9 Å². The molecule has 0 radical (unpaired) electrons. The van der Waals surface area contributed by atoms with Crippen molar-refractivity contribution in [2.75, 3.05) is 0 Å². The Kier molecular flexibility index (Phi) is 42.2. The summed E-state index contributed by atoms with van der Waals surface area (Å²) in [6, 6.07) is 0. The summed E-state index contributed by atoms with van der Waals surface area (Å²) in [6.45, 7) is 0. The van der Waals surface area contributed by atoms with E-state index in [1.807, 2.05) is 0 Å². The molecule has 68 heavy (non-hydrogen) atoms. The Balaban J connectivity index is -0.0000000690. The van der Waals surface area contributed by atoms with Crippen molar-refractivity contribution in [3.8, 4) is 0 Å². The topological polar surface area (TPSA) is 661 Å². The number of aliphatic hydroxyl groups is 5. The van der Waals surface area contributed by atoms with E-state index in [0.717, 1.165) is 0 Å². The summed E-state index contributed by atoms with van der Waals surface area (Å²) in [5.74, 6) is -25.1. The van der Waals surface area contributed by atoms with E-state index >= 15 is 0 Å². The molecule has 0 bridgehead atoms. The van der Waals surface area contributed by atoms with Gasteiger partial charge in [0.25, 0.3) is 0 Å². The van der Waals surface area contributed by atoms with Crippen molar-refractivity contribution >= 4 is 89.5 Å². The second-order valence-electron chi connectivity index (χ2n) is 12.4. The molecule has 0 aromatic heterocycles. The second kappa shape index (κ2) is 35.9. The number of carboxylic acids is 15. The Bertz CT molecular complexity index is 1470. The van der Waals surface area contributed by atoms with Crippen LogP contribution in [0, 0.1) is 0 Å². The molecular weight excluding hydrogens is 989 g/mol. The fourth-order valence-corrected chi connectivity index (χ4v) is 3.57. The van der Waals surface area contributed by atoms with Crippen molar-refractivity contribution in [3.63, 3.8) is 0 Å². The third-order valence-corrected chi connectivity index (χ3v) is 6.43. The van der Waals surface area contributed by atoms with Gasteiger partial charge >= 0.3 is 178 Å². The Hall–Kier alpha value is -5.15. The molecule has 0 rings (SSSR count). The SMILES string of the molecule is O=C(O)CC(O)(CC(=O)O)C(=O)O.O=C(O)CC(O)(CC(=O)O)C(=O)O.O=C(O)CC(O)(CC(=O)O)C(=O)O.O=C(O)CC(O)(CC(=O)O)C(=O)O.O=C(O)CC(O)(CC(=O)O)C(=O)O.[H-].[H-].[H-].[Na+].[Na+].[Na+]. The van der Waals surface area contributed by atoms with Gasteiger partial charge in [-0.1, -0.05) is 0 Å². The smallest absolute Gasteiger partial charge is 1.00 e. The van der Waals surface area contributed by atoms with Crippen LogP contribution in [0.15, 0.2) is 0 Å². The van der Waals surface area contributed by atoms with E-state index in [-0.39, 0.29) is 93.0 Å². The summed E-state index contributed by atoms with van der Waals surface area (Å²) in [4.78, 5) is 152. The van der Waals surface area contributed by atoms with Crippen molar-refractivity contribution in [2.45, 2.75) is 92.2 Å². The van der Waals surface area contributed by atoms with Crippen LogP contribution in [0.3, 0.4) is 0 Å². The van der Waals surface area contributed by atoms with Crippen molar-refractivity contribution in [2.24, 2.45) is 0 Å². The summed E-state index contributed by atoms with van der Waals surface area (Å²) in [5, 5.41) is 169. The molecule has 376 valence electrons. The zero-order valence-electron chi connectivity index (χ0n) is 38.1. The maximum Gasteiger partial charge on any atom is 1.00 e. The predicted molar refractivity (Wildman–Crippen MR) is 189 cm³/mol. The molecule has 0 aliphatic carbocycles. The maximum absolute atomic E-state index is 10.3. The minimum Gasteiger partial charge on any atom is -1.00 e. The van der Waals surface area contributed by atoms with Crippen LogP contribution in [0.4, 0.5) is 0 Å². The summed E-state index contributed by atoms with van der Waals surface area (Å²) < 4.78 is 0. The molecule has 35 nitrogen and oxygen atoms in total. The second-order valence-corrected chi connectivity index (χ2v) is 12.4. The molecule has 0 heterocycles. The Labute approximate surface area is 445 Å². The Morgan fingerprint density at radius 2 is 0.265 bits per heavy atom. The molecule has 0 unspecified atom stereocenters. The number of carboxylic acid groups (broad SMARTS) is 15. The van der Waals surface area contributed by atoms with Crippen molar-refractivity contribution in [1.82, 2.24) is 0 Å². The third-order valence-electron chi connectivity index (χ3n) is 6.43. The number of hydrogen-bond donors (Lipinski definition) is 20. The summed E-state index contributed by atoms with van der Waals surface area (Å²) >= 11 is 0. The molecule has 0 spiro atoms. The fourth-order valence-electron chi connectivity index (χ4n) is 3.57. The summed E-state index contributed by atoms with van der Waals surface area (Å²) in [5.41, 5.74) is -13.7. The molecule has 0 saturated carbocycles. The van der Waals surface area contributed by atoms with Gasteiger partial charge in [0.05, 0.1) is 64.2 Å². The molecule has 0 aromatic rings. The minimum atomic E-state index is -2.74. The Morgan fingerprint density at radius 1 is 0.206 bits per heavy atom. The van der Waals surface area contributed by atoms with Gasteiger partial charge in [-0.2, -0.15) is 0 Å². The van der Waals surface area contributed by atoms with Crippen LogP contribution in [0.1, 0.15) is 68.5 Å². The zero-order chi connectivity index (χ0) is 53.2. The number of carbonyl (C=O) groups is 15. The molecular formula is C30H43Na3O35. The van der Waals surface area contributed by atoms with E-state index in [1.165, 1.54) is 0 Å². The van der Waals surface area contributed by atoms with E-state index in [1.54, 1.807) is 0 Å². The minimum absolute atomic E-state index is 0. The number of rotatable bonds is 25. The standard InChI is InChI=1S/5C6H8O7.3Na.3H/c5*7-3(8)1-6(13,5(11)12)2-4(9)10;;;;;;/h5*13H,1-2H2,(H,7,8)(H,9,10)(H,11,12);;;;;;/q;;;;;3*+1;3*-1. The summed E-state index contributed by atoms with van der Waals surface area (Å²) in [7, 11) is 0. The molecule has 0 amide bonds. The first-order valence-electron chi connectivity index (χ1n) is 15.9. The van der Waals surface area contributed by atoms with Crippen LogP contribution in [0.25, 0.3) is 0 Å². The largest absolute Gasteiger partial charge is 1.00 e. The van der Waals surface area contributed by atoms with Gasteiger partial charge in [0, 0.05) is 0 Å². The number of hydrogen-bond acceptors (Lipinski definition) is 20. The van der Waals surface area contributed by atoms with Crippen molar-refractivity contribution in [3.05, 3.63) is 0 Å². The average Bonchev–Trinajstić information content (AvgIpc) is 3.01. The molecule has 0 fully saturated rings. The maximum atomic E-state index is 10.3. The molecule has 0 aromatic carbocycles. The van der Waals surface area contributed by atoms with Crippen molar-refractivity contribution < 1.29 is 267 Å². The van der Waals surface area contributed by atoms with Crippen LogP contribution in [0.5, 0.6) is 0 Å². The quantitative estimate of drug-likeness (QED) is 0.0378. The first kappa shape index (κ1) is 79.9. The van der Waals surface area contributed by atoms with Crippen molar-refractivity contribution in [1.29, 1.82) is 0 Å². The first-order valence-corrected chi connectivity index (χ1v) is 15.9. The van der Waals surface area contributed by atoms with Crippen LogP contribution < -0.4 is 88.7 Å². The average molecular weight is 1030 g/mol. The normalized spacial score (nSPS) is 10.4. The van der Waals surface area contributed by atoms with Crippen LogP contribution >= 0.6 is 0 Å². The van der Waals surface area contributed by atoms with Gasteiger partial charge in [-0.25, -0.2) is 24.0 Å². The van der Waals surface area contributed by atoms with Gasteiger partial charge in [-0.05, 0) is 0 Å². The van der Waals surface area contributed by atoms with Gasteiger partial charge < -0.3 is 106 Å². The van der Waals surface area contributed by atoms with E-state index in [0.29, 0.717) is 0 Å². The molecule has 38 heteroatoms. The van der Waals surface area contributed by atoms with Crippen LogP contribution in [0.2, 0.25) is 0 Å². The monoisotopic (exact) mass is 1030 g/mol. The molecule has 0 aliphatic rings. The summed E-state index contributed by atoms with van der Waals surface area (Å²) in [6.07, 6.45) is -11.4. The zero-order valence-corrected chi connectivity index (χ0v) is 41.1. The Morgan fingerprint density at radius 3 is 0.294 bits per heavy atom. The number of aliphatic carboxylic acids is 15. The van der Waals surface area contributed by atoms with E-state index in [9.17, 15) is 71.9 Å².